The first-order chi connectivity index (χ1) is 26.3. The highest BCUT2D eigenvalue weighted by Crippen LogP contribution is 2.45. The Kier molecular flexibility index (Phi) is 6.23. The summed E-state index contributed by atoms with van der Waals surface area (Å²) in [6.45, 7) is 10.3. The van der Waals surface area contributed by atoms with Gasteiger partial charge in [0.05, 0.1) is 0 Å². The highest BCUT2D eigenvalue weighted by atomic mass is 32.1. The van der Waals surface area contributed by atoms with Crippen LogP contribution in [0.25, 0.3) is 95.6 Å². The van der Waals surface area contributed by atoms with Crippen molar-refractivity contribution in [3.8, 4) is 44.5 Å². The maximum absolute atomic E-state index is 2.65. The molecule has 0 fully saturated rings. The molecule has 0 saturated heterocycles. The van der Waals surface area contributed by atoms with E-state index in [1.54, 1.807) is 20.7 Å². The molecule has 0 saturated carbocycles. The van der Waals surface area contributed by atoms with Crippen molar-refractivity contribution in [1.29, 1.82) is 0 Å². The van der Waals surface area contributed by atoms with Gasteiger partial charge in [-0.1, -0.05) is 148 Å². The molecule has 0 aliphatic carbocycles. The first kappa shape index (κ1) is 31.3. The lowest BCUT2D eigenvalue weighted by Gasteiger charge is -2.35. The fraction of sp³-hybridized carbons (Fsp3) is 0.0800. The van der Waals surface area contributed by atoms with Gasteiger partial charge in [0.1, 0.15) is 16.1 Å². The minimum atomic E-state index is -2.07. The van der Waals surface area contributed by atoms with E-state index in [0.717, 1.165) is 0 Å². The Morgan fingerprint density at radius 3 is 1.46 bits per heavy atom. The van der Waals surface area contributed by atoms with Crippen LogP contribution in [0.15, 0.2) is 146 Å². The van der Waals surface area contributed by atoms with Crippen LogP contribution in [0.3, 0.4) is 0 Å². The Bertz CT molecular complexity index is 3280. The average Bonchev–Trinajstić information content (AvgIpc) is 3.84. The van der Waals surface area contributed by atoms with Crippen molar-refractivity contribution in [2.45, 2.75) is 26.2 Å². The first-order valence-corrected chi connectivity index (χ1v) is 26.6. The van der Waals surface area contributed by atoms with E-state index in [2.05, 4.69) is 172 Å². The molecule has 0 N–H and O–H groups in total. The molecule has 12 rings (SSSR count). The maximum atomic E-state index is 2.65. The third kappa shape index (κ3) is 4.01. The first-order valence-electron chi connectivity index (χ1n) is 19.0. The molecule has 2 aliphatic rings. The van der Waals surface area contributed by atoms with E-state index in [1.165, 1.54) is 95.6 Å². The Morgan fingerprint density at radius 1 is 0.333 bits per heavy atom. The van der Waals surface area contributed by atoms with Crippen molar-refractivity contribution in [1.82, 2.24) is 0 Å². The van der Waals surface area contributed by atoms with Crippen molar-refractivity contribution in [2.24, 2.45) is 0 Å². The minimum Gasteiger partial charge on any atom is -0.135 e. The predicted octanol–water partition coefficient (Wildman–Crippen LogP) is 12.5. The SMILES string of the molecule is C[Si]1(C)c2cc(-c3cccc4sc5ccccc5c34)ccc2-c2c1cc1c3c(cccc23)[Si](C)(C)c2cc(-c3cccc4sc5ccccc5c34)ccc2-1. The van der Waals surface area contributed by atoms with Crippen LogP contribution >= 0.6 is 22.7 Å². The zero-order valence-electron chi connectivity index (χ0n) is 30.7. The molecule has 4 heterocycles. The molecule has 2 aromatic heterocycles. The lowest BCUT2D eigenvalue weighted by Crippen LogP contribution is -2.56. The highest BCUT2D eigenvalue weighted by molar-refractivity contribution is 7.26. The number of hydrogen-bond donors (Lipinski definition) is 0. The second-order valence-electron chi connectivity index (χ2n) is 16.4. The second kappa shape index (κ2) is 10.8. The van der Waals surface area contributed by atoms with Crippen molar-refractivity contribution in [3.63, 3.8) is 0 Å². The van der Waals surface area contributed by atoms with Crippen LogP contribution < -0.4 is 20.7 Å². The molecule has 0 amide bonds. The van der Waals surface area contributed by atoms with Gasteiger partial charge in [-0.2, -0.15) is 0 Å². The number of benzene rings is 8. The second-order valence-corrected chi connectivity index (χ2v) is 27.2. The van der Waals surface area contributed by atoms with Crippen LogP contribution in [-0.4, -0.2) is 16.1 Å². The fourth-order valence-corrected chi connectivity index (χ4v) is 18.7. The molecule has 54 heavy (non-hydrogen) atoms. The molecular weight excluding hydrogens is 721 g/mol. The van der Waals surface area contributed by atoms with Crippen molar-refractivity contribution in [3.05, 3.63) is 146 Å². The minimum absolute atomic E-state index is 1.34. The Labute approximate surface area is 325 Å². The van der Waals surface area contributed by atoms with E-state index < -0.39 is 16.1 Å². The van der Waals surface area contributed by atoms with Gasteiger partial charge in [0, 0.05) is 40.3 Å². The van der Waals surface area contributed by atoms with Crippen molar-refractivity contribution < 1.29 is 0 Å². The number of fused-ring (bicyclic) bond motifs is 12. The summed E-state index contributed by atoms with van der Waals surface area (Å²) in [6, 6.07) is 56.3. The van der Waals surface area contributed by atoms with Crippen LogP contribution in [0.2, 0.25) is 26.2 Å². The Balaban J connectivity index is 1.06. The van der Waals surface area contributed by atoms with E-state index >= 15 is 0 Å². The summed E-state index contributed by atoms with van der Waals surface area (Å²) in [5, 5.41) is 14.7. The van der Waals surface area contributed by atoms with Gasteiger partial charge in [-0.15, -0.1) is 22.7 Å². The van der Waals surface area contributed by atoms with Crippen LogP contribution in [-0.2, 0) is 0 Å². The summed E-state index contributed by atoms with van der Waals surface area (Å²) in [6.07, 6.45) is 0. The number of rotatable bonds is 2. The van der Waals surface area contributed by atoms with Gasteiger partial charge in [-0.3, -0.25) is 0 Å². The van der Waals surface area contributed by atoms with E-state index in [9.17, 15) is 0 Å². The quantitative estimate of drug-likeness (QED) is 0.154. The summed E-state index contributed by atoms with van der Waals surface area (Å²) >= 11 is 3.81. The van der Waals surface area contributed by atoms with Crippen LogP contribution in [0.4, 0.5) is 0 Å². The Morgan fingerprint density at radius 2 is 0.833 bits per heavy atom. The summed E-state index contributed by atoms with van der Waals surface area (Å²) in [5.74, 6) is 0. The Hall–Kier alpha value is -5.11. The molecule has 0 bridgehead atoms. The molecule has 0 spiro atoms. The zero-order valence-corrected chi connectivity index (χ0v) is 34.3. The highest BCUT2D eigenvalue weighted by Gasteiger charge is 2.42. The maximum Gasteiger partial charge on any atom is 0.113 e. The number of hydrogen-bond acceptors (Lipinski definition) is 2. The summed E-state index contributed by atoms with van der Waals surface area (Å²) in [4.78, 5) is 0. The van der Waals surface area contributed by atoms with Crippen LogP contribution in [0.5, 0.6) is 0 Å². The van der Waals surface area contributed by atoms with E-state index in [1.807, 2.05) is 22.7 Å². The lowest BCUT2D eigenvalue weighted by atomic mass is 9.90. The molecule has 8 aromatic carbocycles. The van der Waals surface area contributed by atoms with Crippen LogP contribution in [0, 0.1) is 0 Å². The van der Waals surface area contributed by atoms with Gasteiger partial charge in [0.25, 0.3) is 0 Å². The molecule has 0 radical (unpaired) electrons. The molecular formula is C50H36S2Si2. The third-order valence-electron chi connectivity index (χ3n) is 12.9. The van der Waals surface area contributed by atoms with E-state index in [0.29, 0.717) is 0 Å². The summed E-state index contributed by atoms with van der Waals surface area (Å²) < 4.78 is 5.45. The van der Waals surface area contributed by atoms with Gasteiger partial charge >= 0.3 is 0 Å². The van der Waals surface area contributed by atoms with Crippen molar-refractivity contribution >= 4 is 111 Å². The summed E-state index contributed by atoms with van der Waals surface area (Å²) in [7, 11) is -4.13. The molecule has 0 unspecified atom stereocenters. The predicted molar refractivity (Wildman–Crippen MR) is 245 cm³/mol. The van der Waals surface area contributed by atoms with E-state index in [4.69, 9.17) is 0 Å². The smallest absolute Gasteiger partial charge is 0.113 e. The lowest BCUT2D eigenvalue weighted by molar-refractivity contribution is 1.62. The monoisotopic (exact) mass is 756 g/mol. The zero-order chi connectivity index (χ0) is 36.1. The van der Waals surface area contributed by atoms with Crippen LogP contribution in [0.1, 0.15) is 0 Å². The molecule has 0 atom stereocenters. The van der Waals surface area contributed by atoms with Crippen molar-refractivity contribution in [2.75, 3.05) is 0 Å². The van der Waals surface area contributed by atoms with Gasteiger partial charge < -0.3 is 0 Å². The van der Waals surface area contributed by atoms with E-state index in [-0.39, 0.29) is 0 Å². The summed E-state index contributed by atoms with van der Waals surface area (Å²) in [5.41, 5.74) is 11.2. The molecule has 4 heteroatoms. The van der Waals surface area contributed by atoms with Gasteiger partial charge in [0.15, 0.2) is 0 Å². The van der Waals surface area contributed by atoms with Gasteiger partial charge in [-0.25, -0.2) is 0 Å². The molecule has 0 nitrogen and oxygen atoms in total. The topological polar surface area (TPSA) is 0 Å². The van der Waals surface area contributed by atoms with Gasteiger partial charge in [-0.05, 0) is 100 Å². The normalized spacial score (nSPS) is 15.0. The molecule has 256 valence electrons. The van der Waals surface area contributed by atoms with Gasteiger partial charge in [0.2, 0.25) is 0 Å². The fourth-order valence-electron chi connectivity index (χ4n) is 10.2. The molecule has 10 aromatic rings. The average molecular weight is 757 g/mol. The number of thiophene rings is 2. The molecule has 2 aliphatic heterocycles. The standard InChI is InChI=1S/C50H36S2Si2/c1-53(2)43-21-11-16-37-49-36-25-23-30(32-15-10-20-42-48(32)35-13-6-8-18-40(35)52-42)27-45(36)54(3,4)46(49)28-38(50(37)43)33-24-22-29(26-44(33)53)31-14-9-19-41-47(31)34-12-5-7-17-39(34)51-41/h5-28H,1-4H3. The largest absolute Gasteiger partial charge is 0.135 e. The third-order valence-corrected chi connectivity index (χ3v) is 22.2.